The van der Waals surface area contributed by atoms with Crippen molar-refractivity contribution in [2.24, 2.45) is 0 Å². The maximum absolute atomic E-state index is 11.8. The zero-order valence-electron chi connectivity index (χ0n) is 11.3. The Balaban J connectivity index is 2.35. The number of nitrogens with zero attached hydrogens (tertiary/aromatic N) is 1. The van der Waals surface area contributed by atoms with Gasteiger partial charge in [-0.05, 0) is 19.1 Å². The van der Waals surface area contributed by atoms with Gasteiger partial charge < -0.3 is 9.47 Å². The maximum atomic E-state index is 11.8. The van der Waals surface area contributed by atoms with E-state index in [4.69, 9.17) is 17.8 Å². The summed E-state index contributed by atoms with van der Waals surface area (Å²) in [4.78, 5) is 22.4. The average Bonchev–Trinajstić information content (AvgIpc) is 2.96. The predicted molar refractivity (Wildman–Crippen MR) is 72.6 cm³/mol. The van der Waals surface area contributed by atoms with E-state index in [0.29, 0.717) is 18.1 Å². The van der Waals surface area contributed by atoms with E-state index in [2.05, 4.69) is 0 Å². The topological polar surface area (TPSA) is 97.1 Å². The molecule has 0 unspecified atom stereocenters. The third-order valence-electron chi connectivity index (χ3n) is 2.82. The Kier molecular flexibility index (Phi) is 4.99. The van der Waals surface area contributed by atoms with E-state index >= 15 is 0 Å². The molecule has 0 radical (unpaired) electrons. The smallest absolute Gasteiger partial charge is 0.339 e. The fraction of sp³-hybridized carbons (Fsp3) is 0.417. The Bertz CT molecular complexity index is 550. The summed E-state index contributed by atoms with van der Waals surface area (Å²) in [7, 11) is 1.41. The van der Waals surface area contributed by atoms with Crippen molar-refractivity contribution in [2.45, 2.75) is 19.1 Å². The Hall–Kier alpha value is -1.84. The highest BCUT2D eigenvalue weighted by atomic mass is 32.2. The van der Waals surface area contributed by atoms with Gasteiger partial charge in [0, 0.05) is 0 Å². The van der Waals surface area contributed by atoms with Crippen molar-refractivity contribution in [1.82, 2.24) is 0 Å². The van der Waals surface area contributed by atoms with Gasteiger partial charge in [0.25, 0.3) is 5.69 Å². The van der Waals surface area contributed by atoms with Gasteiger partial charge in [-0.2, -0.15) is 0 Å². The lowest BCUT2D eigenvalue weighted by atomic mass is 10.0. The lowest BCUT2D eigenvalue weighted by Crippen LogP contribution is -2.28. The molecule has 114 valence electrons. The average molecular weight is 315 g/mol. The van der Waals surface area contributed by atoms with Crippen molar-refractivity contribution >= 4 is 24.0 Å². The highest BCUT2D eigenvalue weighted by Gasteiger charge is 2.42. The first-order valence-corrected chi connectivity index (χ1v) is 6.73. The van der Waals surface area contributed by atoms with E-state index < -0.39 is 23.1 Å². The van der Waals surface area contributed by atoms with Gasteiger partial charge in [0.1, 0.15) is 11.9 Å². The molecule has 1 aromatic carbocycles. The first-order valence-electron chi connectivity index (χ1n) is 6.06. The van der Waals surface area contributed by atoms with Gasteiger partial charge in [0.15, 0.2) is 12.3 Å². The predicted octanol–water partition coefficient (Wildman–Crippen LogP) is 2.19. The Morgan fingerprint density at radius 3 is 2.86 bits per heavy atom. The normalized spacial score (nSPS) is 21.0. The second-order valence-electron chi connectivity index (χ2n) is 4.04. The molecule has 0 bridgehead atoms. The molecule has 9 heteroatoms. The van der Waals surface area contributed by atoms with Crippen LogP contribution in [-0.4, -0.2) is 30.7 Å². The number of carbonyl (C=O) groups excluding carboxylic acids is 1. The van der Waals surface area contributed by atoms with Crippen LogP contribution in [-0.2, 0) is 17.9 Å². The lowest BCUT2D eigenvalue weighted by Gasteiger charge is -2.15. The SMILES string of the molecule is CCOC(=O)[C@@H]1OSO[C@H]1c1ccc(OC)cc1[N+](=O)[O-]. The molecule has 1 aliphatic rings. The molecule has 1 heterocycles. The number of esters is 1. The first-order chi connectivity index (χ1) is 10.1. The molecule has 0 aromatic heterocycles. The van der Waals surface area contributed by atoms with Gasteiger partial charge in [-0.15, -0.1) is 0 Å². The first kappa shape index (κ1) is 15.5. The molecule has 1 aliphatic heterocycles. The van der Waals surface area contributed by atoms with Crippen LogP contribution in [0.25, 0.3) is 0 Å². The molecule has 2 atom stereocenters. The van der Waals surface area contributed by atoms with Crippen LogP contribution in [0.15, 0.2) is 18.2 Å². The highest BCUT2D eigenvalue weighted by Crippen LogP contribution is 2.42. The van der Waals surface area contributed by atoms with Gasteiger partial charge in [-0.1, -0.05) is 0 Å². The van der Waals surface area contributed by atoms with E-state index in [1.807, 2.05) is 0 Å². The maximum Gasteiger partial charge on any atom is 0.339 e. The van der Waals surface area contributed by atoms with Gasteiger partial charge >= 0.3 is 5.97 Å². The van der Waals surface area contributed by atoms with Crippen LogP contribution in [0.2, 0.25) is 0 Å². The summed E-state index contributed by atoms with van der Waals surface area (Å²) >= 11 is 0.615. The zero-order valence-corrected chi connectivity index (χ0v) is 12.1. The number of nitro groups is 1. The van der Waals surface area contributed by atoms with Gasteiger partial charge in [-0.25, -0.2) is 4.79 Å². The molecule has 0 aliphatic carbocycles. The molecule has 0 amide bonds. The number of methoxy groups -OCH3 is 1. The summed E-state index contributed by atoms with van der Waals surface area (Å²) in [6.45, 7) is 1.84. The third-order valence-corrected chi connectivity index (χ3v) is 3.39. The zero-order chi connectivity index (χ0) is 15.4. The fourth-order valence-electron chi connectivity index (χ4n) is 1.86. The second-order valence-corrected chi connectivity index (χ2v) is 4.56. The van der Waals surface area contributed by atoms with Crippen LogP contribution in [0, 0.1) is 10.1 Å². The Morgan fingerprint density at radius 1 is 1.48 bits per heavy atom. The van der Waals surface area contributed by atoms with E-state index in [1.165, 1.54) is 19.2 Å². The molecule has 0 saturated carbocycles. The largest absolute Gasteiger partial charge is 0.497 e. The van der Waals surface area contributed by atoms with Crippen molar-refractivity contribution in [3.8, 4) is 5.75 Å². The van der Waals surface area contributed by atoms with Gasteiger partial charge in [0.2, 0.25) is 6.10 Å². The summed E-state index contributed by atoms with van der Waals surface area (Å²) in [6.07, 6.45) is -1.97. The van der Waals surface area contributed by atoms with Crippen LogP contribution in [0.3, 0.4) is 0 Å². The van der Waals surface area contributed by atoms with Crippen molar-refractivity contribution < 1.29 is 27.6 Å². The minimum absolute atomic E-state index is 0.181. The summed E-state index contributed by atoms with van der Waals surface area (Å²) in [6, 6.07) is 4.30. The van der Waals surface area contributed by atoms with Gasteiger partial charge in [0.05, 0.1) is 30.3 Å². The Labute approximate surface area is 124 Å². The molecule has 0 N–H and O–H groups in total. The molecule has 1 saturated heterocycles. The van der Waals surface area contributed by atoms with E-state index in [1.54, 1.807) is 13.0 Å². The third kappa shape index (κ3) is 3.26. The van der Waals surface area contributed by atoms with Crippen molar-refractivity contribution in [2.75, 3.05) is 13.7 Å². The standard InChI is InChI=1S/C12H13NO7S/c1-3-18-12(14)11-10(19-21-20-11)8-5-4-7(17-2)6-9(8)13(15)16/h4-6,10-11H,3H2,1-2H3/t10-,11+/m0/s1. The monoisotopic (exact) mass is 315 g/mol. The molecule has 1 fully saturated rings. The molecule has 2 rings (SSSR count). The van der Waals surface area contributed by atoms with E-state index in [9.17, 15) is 14.9 Å². The van der Waals surface area contributed by atoms with E-state index in [-0.39, 0.29) is 17.9 Å². The molecule has 0 spiro atoms. The summed E-state index contributed by atoms with van der Waals surface area (Å²) in [5.41, 5.74) is 0.0172. The molecule has 8 nitrogen and oxygen atoms in total. The van der Waals surface area contributed by atoms with E-state index in [0.717, 1.165) is 0 Å². The number of hydrogen-bond acceptors (Lipinski definition) is 8. The summed E-state index contributed by atoms with van der Waals surface area (Å²) < 4.78 is 20.2. The fourth-order valence-corrected chi connectivity index (χ4v) is 2.46. The number of nitro benzene ring substituents is 1. The van der Waals surface area contributed by atoms with Crippen LogP contribution >= 0.6 is 12.3 Å². The number of benzene rings is 1. The van der Waals surface area contributed by atoms with Crippen LogP contribution < -0.4 is 4.74 Å². The molecular weight excluding hydrogens is 302 g/mol. The summed E-state index contributed by atoms with van der Waals surface area (Å²) in [5, 5.41) is 11.2. The van der Waals surface area contributed by atoms with Gasteiger partial charge in [-0.3, -0.25) is 18.5 Å². The highest BCUT2D eigenvalue weighted by molar-refractivity contribution is 7.90. The van der Waals surface area contributed by atoms with Crippen molar-refractivity contribution in [3.05, 3.63) is 33.9 Å². The Morgan fingerprint density at radius 2 is 2.24 bits per heavy atom. The lowest BCUT2D eigenvalue weighted by molar-refractivity contribution is -0.386. The number of ether oxygens (including phenoxy) is 2. The van der Waals surface area contributed by atoms with Crippen LogP contribution in [0.1, 0.15) is 18.6 Å². The number of carbonyl (C=O) groups is 1. The second kappa shape index (κ2) is 6.74. The quantitative estimate of drug-likeness (QED) is 0.353. The minimum atomic E-state index is -1.05. The molecular formula is C12H13NO7S. The van der Waals surface area contributed by atoms with Crippen molar-refractivity contribution in [3.63, 3.8) is 0 Å². The van der Waals surface area contributed by atoms with Crippen LogP contribution in [0.4, 0.5) is 5.69 Å². The minimum Gasteiger partial charge on any atom is -0.497 e. The summed E-state index contributed by atoms with van der Waals surface area (Å²) in [5.74, 6) is -0.290. The van der Waals surface area contributed by atoms with Crippen LogP contribution in [0.5, 0.6) is 5.75 Å². The number of hydrogen-bond donors (Lipinski definition) is 0. The number of rotatable bonds is 5. The van der Waals surface area contributed by atoms with Crippen molar-refractivity contribution in [1.29, 1.82) is 0 Å². The molecule has 21 heavy (non-hydrogen) atoms. The molecule has 1 aromatic rings.